The summed E-state index contributed by atoms with van der Waals surface area (Å²) in [6.07, 6.45) is 13.5. The number of rotatable bonds is 7. The van der Waals surface area contributed by atoms with E-state index in [1.807, 2.05) is 12.1 Å². The summed E-state index contributed by atoms with van der Waals surface area (Å²) in [4.78, 5) is 6.63. The number of nitrogens with one attached hydrogen (secondary N) is 2. The largest absolute Gasteiger partial charge is 0.483 e. The zero-order chi connectivity index (χ0) is 22.8. The molecule has 0 bridgehead atoms. The third kappa shape index (κ3) is 4.48. The summed E-state index contributed by atoms with van der Waals surface area (Å²) in [5.74, 6) is 1.41. The van der Waals surface area contributed by atoms with E-state index in [0.29, 0.717) is 11.6 Å². The second-order valence-electron chi connectivity index (χ2n) is 9.28. The smallest absolute Gasteiger partial charge is 0.145 e. The fraction of sp³-hybridized carbons (Fsp3) is 0.370. The number of anilines is 3. The maximum atomic E-state index is 9.36. The van der Waals surface area contributed by atoms with Gasteiger partial charge in [0.25, 0.3) is 0 Å². The highest BCUT2D eigenvalue weighted by atomic mass is 16.5. The predicted octanol–water partition coefficient (Wildman–Crippen LogP) is 5.02. The lowest BCUT2D eigenvalue weighted by atomic mass is 9.90. The van der Waals surface area contributed by atoms with Crippen molar-refractivity contribution in [2.45, 2.75) is 45.3 Å². The third-order valence-corrected chi connectivity index (χ3v) is 6.90. The molecule has 172 valence electrons. The number of fused-ring (bicyclic) bond motifs is 2. The molecule has 0 saturated carbocycles. The Kier molecular flexibility index (Phi) is 5.85. The SMILES string of the molecule is CCC1(C)CN(CCC2=CNC3=CC=CCC23)c2ccc(Nc3ccnc(CO)c3)cc2O1. The molecule has 1 aromatic heterocycles. The van der Waals surface area contributed by atoms with Crippen molar-refractivity contribution < 1.29 is 9.84 Å². The highest BCUT2D eigenvalue weighted by molar-refractivity contribution is 5.70. The minimum Gasteiger partial charge on any atom is -0.483 e. The number of pyridine rings is 1. The summed E-state index contributed by atoms with van der Waals surface area (Å²) in [6.45, 7) is 6.15. The van der Waals surface area contributed by atoms with Gasteiger partial charge in [0, 0.05) is 48.0 Å². The number of ether oxygens (including phenoxy) is 1. The van der Waals surface area contributed by atoms with Gasteiger partial charge < -0.3 is 25.4 Å². The van der Waals surface area contributed by atoms with Crippen molar-refractivity contribution in [3.8, 4) is 5.75 Å². The van der Waals surface area contributed by atoms with E-state index in [1.165, 1.54) is 11.3 Å². The van der Waals surface area contributed by atoms with Gasteiger partial charge in [-0.2, -0.15) is 0 Å². The van der Waals surface area contributed by atoms with Crippen LogP contribution in [0.5, 0.6) is 5.75 Å². The molecule has 1 aromatic carbocycles. The van der Waals surface area contributed by atoms with Gasteiger partial charge in [-0.05, 0) is 62.1 Å². The van der Waals surface area contributed by atoms with Crippen molar-refractivity contribution >= 4 is 17.1 Å². The standard InChI is InChI=1S/C27H32N4O2/c1-3-27(2)18-31(13-11-19-16-29-24-7-5-4-6-23(19)24)25-9-8-20(15-26(25)33-27)30-21-10-12-28-22(14-21)17-32/h4-5,7-10,12,14-16,23,29,32H,3,6,11,13,17-18H2,1-2H3,(H,28,30). The van der Waals surface area contributed by atoms with Crippen LogP contribution in [0.15, 0.2) is 72.2 Å². The first-order valence-electron chi connectivity index (χ1n) is 11.8. The molecule has 3 N–H and O–H groups in total. The van der Waals surface area contributed by atoms with E-state index in [4.69, 9.17) is 4.74 Å². The summed E-state index contributed by atoms with van der Waals surface area (Å²) in [5, 5.41) is 16.2. The highest BCUT2D eigenvalue weighted by Gasteiger charge is 2.35. The first-order chi connectivity index (χ1) is 16.1. The average molecular weight is 445 g/mol. The second kappa shape index (κ2) is 8.94. The van der Waals surface area contributed by atoms with Crippen molar-refractivity contribution in [2.75, 3.05) is 23.3 Å². The number of hydrogen-bond acceptors (Lipinski definition) is 6. The quantitative estimate of drug-likeness (QED) is 0.557. The Hall–Kier alpha value is -3.25. The Labute approximate surface area is 195 Å². The first-order valence-corrected chi connectivity index (χ1v) is 11.8. The number of aromatic nitrogens is 1. The monoisotopic (exact) mass is 444 g/mol. The molecule has 0 fully saturated rings. The molecule has 2 aromatic rings. The lowest BCUT2D eigenvalue weighted by Crippen LogP contribution is -2.49. The van der Waals surface area contributed by atoms with Crippen LogP contribution in [-0.4, -0.2) is 28.8 Å². The van der Waals surface area contributed by atoms with Crippen molar-refractivity contribution in [3.05, 3.63) is 77.9 Å². The van der Waals surface area contributed by atoms with Crippen LogP contribution in [0.4, 0.5) is 17.1 Å². The molecule has 0 saturated heterocycles. The van der Waals surface area contributed by atoms with Gasteiger partial charge in [0.2, 0.25) is 0 Å². The summed E-state index contributed by atoms with van der Waals surface area (Å²) >= 11 is 0. The Morgan fingerprint density at radius 3 is 3.00 bits per heavy atom. The van der Waals surface area contributed by atoms with E-state index in [-0.39, 0.29) is 12.2 Å². The van der Waals surface area contributed by atoms with Crippen molar-refractivity contribution in [2.24, 2.45) is 5.92 Å². The Balaban J connectivity index is 1.35. The van der Waals surface area contributed by atoms with Gasteiger partial charge in [-0.3, -0.25) is 4.98 Å². The Morgan fingerprint density at radius 1 is 1.27 bits per heavy atom. The summed E-state index contributed by atoms with van der Waals surface area (Å²) in [6, 6.07) is 10.1. The topological polar surface area (TPSA) is 69.7 Å². The molecule has 6 heteroatoms. The molecule has 33 heavy (non-hydrogen) atoms. The molecule has 3 heterocycles. The number of aliphatic hydroxyl groups is 1. The lowest BCUT2D eigenvalue weighted by molar-refractivity contribution is 0.0810. The van der Waals surface area contributed by atoms with Gasteiger partial charge in [-0.15, -0.1) is 0 Å². The zero-order valence-electron chi connectivity index (χ0n) is 19.3. The second-order valence-corrected chi connectivity index (χ2v) is 9.28. The van der Waals surface area contributed by atoms with E-state index >= 15 is 0 Å². The van der Waals surface area contributed by atoms with Crippen molar-refractivity contribution in [1.29, 1.82) is 0 Å². The molecule has 2 aliphatic heterocycles. The Morgan fingerprint density at radius 2 is 2.15 bits per heavy atom. The fourth-order valence-corrected chi connectivity index (χ4v) is 4.83. The zero-order valence-corrected chi connectivity index (χ0v) is 19.3. The molecule has 1 aliphatic carbocycles. The van der Waals surface area contributed by atoms with E-state index in [1.54, 1.807) is 6.20 Å². The summed E-state index contributed by atoms with van der Waals surface area (Å²) in [7, 11) is 0. The molecule has 6 nitrogen and oxygen atoms in total. The maximum absolute atomic E-state index is 9.36. The van der Waals surface area contributed by atoms with Crippen LogP contribution in [0, 0.1) is 5.92 Å². The van der Waals surface area contributed by atoms with Gasteiger partial charge in [0.05, 0.1) is 24.5 Å². The van der Waals surface area contributed by atoms with Gasteiger partial charge in [-0.25, -0.2) is 0 Å². The van der Waals surface area contributed by atoms with Crippen LogP contribution in [0.1, 0.15) is 38.8 Å². The van der Waals surface area contributed by atoms with E-state index in [9.17, 15) is 5.11 Å². The number of hydrogen-bond donors (Lipinski definition) is 3. The van der Waals surface area contributed by atoms with E-state index < -0.39 is 0 Å². The molecule has 2 atom stereocenters. The van der Waals surface area contributed by atoms with Crippen LogP contribution in [0.3, 0.4) is 0 Å². The predicted molar refractivity (Wildman–Crippen MR) is 133 cm³/mol. The third-order valence-electron chi connectivity index (χ3n) is 6.90. The minimum absolute atomic E-state index is 0.0764. The van der Waals surface area contributed by atoms with Crippen molar-refractivity contribution in [3.63, 3.8) is 0 Å². The van der Waals surface area contributed by atoms with E-state index in [2.05, 4.69) is 77.0 Å². The number of aliphatic hydroxyl groups excluding tert-OH is 1. The van der Waals surface area contributed by atoms with Crippen LogP contribution in [0.2, 0.25) is 0 Å². The molecular formula is C27H32N4O2. The van der Waals surface area contributed by atoms with Crippen LogP contribution >= 0.6 is 0 Å². The van der Waals surface area contributed by atoms with Crippen LogP contribution in [0.25, 0.3) is 0 Å². The number of nitrogens with zero attached hydrogens (tertiary/aromatic N) is 2. The normalized spacial score (nSPS) is 23.1. The van der Waals surface area contributed by atoms with Gasteiger partial charge in [0.1, 0.15) is 11.4 Å². The molecule has 0 spiro atoms. The minimum atomic E-state index is -0.229. The van der Waals surface area contributed by atoms with Gasteiger partial charge in [0.15, 0.2) is 0 Å². The molecule has 5 rings (SSSR count). The van der Waals surface area contributed by atoms with Crippen LogP contribution in [-0.2, 0) is 6.61 Å². The molecule has 3 aliphatic rings. The summed E-state index contributed by atoms with van der Waals surface area (Å²) in [5.41, 5.74) is 6.20. The lowest BCUT2D eigenvalue weighted by Gasteiger charge is -2.43. The Bertz CT molecular complexity index is 1120. The molecule has 0 radical (unpaired) electrons. The van der Waals surface area contributed by atoms with E-state index in [0.717, 1.165) is 55.2 Å². The average Bonchev–Trinajstić information content (AvgIpc) is 3.25. The summed E-state index contributed by atoms with van der Waals surface area (Å²) < 4.78 is 6.50. The van der Waals surface area contributed by atoms with Gasteiger partial charge >= 0.3 is 0 Å². The first kappa shape index (κ1) is 21.6. The molecule has 2 unspecified atom stereocenters. The fourth-order valence-electron chi connectivity index (χ4n) is 4.83. The number of benzene rings is 1. The highest BCUT2D eigenvalue weighted by Crippen LogP contribution is 2.41. The number of allylic oxidation sites excluding steroid dienone is 4. The van der Waals surface area contributed by atoms with Crippen molar-refractivity contribution in [1.82, 2.24) is 10.3 Å². The molecular weight excluding hydrogens is 412 g/mol. The maximum Gasteiger partial charge on any atom is 0.145 e. The van der Waals surface area contributed by atoms with Crippen LogP contribution < -0.4 is 20.3 Å². The van der Waals surface area contributed by atoms with Gasteiger partial charge in [-0.1, -0.05) is 19.1 Å². The molecule has 0 amide bonds.